The van der Waals surface area contributed by atoms with Crippen molar-refractivity contribution in [1.82, 2.24) is 4.57 Å². The van der Waals surface area contributed by atoms with Crippen LogP contribution < -0.4 is 4.74 Å². The van der Waals surface area contributed by atoms with Gasteiger partial charge in [0.25, 0.3) is 0 Å². The van der Waals surface area contributed by atoms with Crippen molar-refractivity contribution in [2.24, 2.45) is 5.92 Å². The number of carbonyl (C=O) groups is 1. The molecule has 1 heterocycles. The topological polar surface area (TPSA) is 55.0 Å². The molecule has 2 aromatic rings. The molecule has 0 saturated heterocycles. The summed E-state index contributed by atoms with van der Waals surface area (Å²) < 4.78 is 7.45. The van der Waals surface area contributed by atoms with Crippen LogP contribution in [-0.4, -0.2) is 10.5 Å². The van der Waals surface area contributed by atoms with E-state index >= 15 is 0 Å². The Morgan fingerprint density at radius 2 is 1.96 bits per heavy atom. The second-order valence-electron chi connectivity index (χ2n) is 6.20. The van der Waals surface area contributed by atoms with Gasteiger partial charge in [-0.1, -0.05) is 32.0 Å². The molecule has 0 saturated carbocycles. The molecule has 0 fully saturated rings. The summed E-state index contributed by atoms with van der Waals surface area (Å²) in [5, 5.41) is 9.32. The van der Waals surface area contributed by atoms with Gasteiger partial charge in [-0.25, -0.2) is 4.79 Å². The smallest absolute Gasteiger partial charge is 0.354 e. The first-order valence-electron chi connectivity index (χ1n) is 7.98. The molecule has 0 radical (unpaired) electrons. The highest BCUT2D eigenvalue weighted by Gasteiger charge is 2.15. The molecule has 0 aliphatic rings. The lowest BCUT2D eigenvalue weighted by Gasteiger charge is -2.12. The first kappa shape index (κ1) is 17.6. The third-order valence-corrected chi connectivity index (χ3v) is 3.75. The van der Waals surface area contributed by atoms with Crippen molar-refractivity contribution in [3.05, 3.63) is 58.9 Å². The van der Waals surface area contributed by atoms with E-state index in [-0.39, 0.29) is 5.57 Å². The van der Waals surface area contributed by atoms with Gasteiger partial charge in [0.15, 0.2) is 0 Å². The fourth-order valence-electron chi connectivity index (χ4n) is 2.56. The number of aryl methyl sites for hydroxylation is 1. The highest BCUT2D eigenvalue weighted by molar-refractivity contribution is 5.99. The predicted octanol–water partition coefficient (Wildman–Crippen LogP) is 4.27. The van der Waals surface area contributed by atoms with Crippen LogP contribution in [0.4, 0.5) is 0 Å². The van der Waals surface area contributed by atoms with Crippen LogP contribution in [0.25, 0.3) is 6.08 Å². The van der Waals surface area contributed by atoms with E-state index in [0.717, 1.165) is 23.5 Å². The van der Waals surface area contributed by atoms with Gasteiger partial charge in [-0.3, -0.25) is 0 Å². The Balaban J connectivity index is 2.28. The Labute approximate surface area is 143 Å². The lowest BCUT2D eigenvalue weighted by molar-refractivity contribution is -0.129. The predicted molar refractivity (Wildman–Crippen MR) is 94.4 cm³/mol. The number of rotatable bonds is 5. The molecule has 2 rings (SSSR count). The molecule has 24 heavy (non-hydrogen) atoms. The van der Waals surface area contributed by atoms with Crippen LogP contribution in [0, 0.1) is 31.1 Å². The lowest BCUT2D eigenvalue weighted by atomic mass is 10.1. The molecular formula is C20H22N2O2. The van der Waals surface area contributed by atoms with Gasteiger partial charge < -0.3 is 9.30 Å². The van der Waals surface area contributed by atoms with Crippen molar-refractivity contribution in [2.75, 3.05) is 0 Å². The highest BCUT2D eigenvalue weighted by atomic mass is 16.5. The van der Waals surface area contributed by atoms with Crippen LogP contribution in [0.2, 0.25) is 0 Å². The van der Waals surface area contributed by atoms with Crippen molar-refractivity contribution in [2.45, 2.75) is 34.2 Å². The Bertz CT molecular complexity index is 793. The Morgan fingerprint density at radius 1 is 1.29 bits per heavy atom. The SMILES string of the molecule is Cc1cc(/C=C(\C#N)C(=O)Oc2ccccc2)c(C)n1CC(C)C. The number of esters is 1. The van der Waals surface area contributed by atoms with Crippen LogP contribution in [0.3, 0.4) is 0 Å². The van der Waals surface area contributed by atoms with Crippen molar-refractivity contribution < 1.29 is 9.53 Å². The summed E-state index contributed by atoms with van der Waals surface area (Å²) in [6, 6.07) is 12.7. The van der Waals surface area contributed by atoms with Gasteiger partial charge >= 0.3 is 5.97 Å². The summed E-state index contributed by atoms with van der Waals surface area (Å²) in [6.07, 6.45) is 1.60. The van der Waals surface area contributed by atoms with Crippen molar-refractivity contribution >= 4 is 12.0 Å². The second-order valence-corrected chi connectivity index (χ2v) is 6.20. The fraction of sp³-hybridized carbons (Fsp3) is 0.300. The fourth-order valence-corrected chi connectivity index (χ4v) is 2.56. The zero-order valence-electron chi connectivity index (χ0n) is 14.5. The Hall–Kier alpha value is -2.80. The largest absolute Gasteiger partial charge is 0.422 e. The summed E-state index contributed by atoms with van der Waals surface area (Å²) in [6.45, 7) is 9.25. The number of hydrogen-bond acceptors (Lipinski definition) is 3. The third kappa shape index (κ3) is 4.14. The van der Waals surface area contributed by atoms with E-state index in [1.165, 1.54) is 0 Å². The summed E-state index contributed by atoms with van der Waals surface area (Å²) in [5.41, 5.74) is 3.01. The second kappa shape index (κ2) is 7.65. The van der Waals surface area contributed by atoms with Crippen LogP contribution in [-0.2, 0) is 11.3 Å². The third-order valence-electron chi connectivity index (χ3n) is 3.75. The van der Waals surface area contributed by atoms with Gasteiger partial charge in [0.05, 0.1) is 0 Å². The van der Waals surface area contributed by atoms with Gasteiger partial charge in [0.2, 0.25) is 0 Å². The molecule has 1 aromatic carbocycles. The van der Waals surface area contributed by atoms with Gasteiger partial charge in [-0.15, -0.1) is 0 Å². The number of para-hydroxylation sites is 1. The molecule has 0 aliphatic heterocycles. The van der Waals surface area contributed by atoms with Crippen LogP contribution in [0.1, 0.15) is 30.8 Å². The quantitative estimate of drug-likeness (QED) is 0.357. The van der Waals surface area contributed by atoms with E-state index in [4.69, 9.17) is 4.74 Å². The van der Waals surface area contributed by atoms with Crippen LogP contribution in [0.15, 0.2) is 42.0 Å². The first-order chi connectivity index (χ1) is 11.4. The number of nitriles is 1. The van der Waals surface area contributed by atoms with Crippen LogP contribution >= 0.6 is 0 Å². The normalized spacial score (nSPS) is 11.4. The molecule has 4 nitrogen and oxygen atoms in total. The lowest BCUT2D eigenvalue weighted by Crippen LogP contribution is -2.10. The molecule has 124 valence electrons. The van der Waals surface area contributed by atoms with Gasteiger partial charge in [0, 0.05) is 17.9 Å². The maximum Gasteiger partial charge on any atom is 0.354 e. The minimum absolute atomic E-state index is 0.0105. The number of aromatic nitrogens is 1. The van der Waals surface area contributed by atoms with Gasteiger partial charge in [0.1, 0.15) is 17.4 Å². The minimum Gasteiger partial charge on any atom is -0.422 e. The summed E-state index contributed by atoms with van der Waals surface area (Å²) >= 11 is 0. The summed E-state index contributed by atoms with van der Waals surface area (Å²) in [5.74, 6) is 0.302. The standard InChI is InChI=1S/C20H22N2O2/c1-14(2)13-22-15(3)10-17(16(22)4)11-18(12-21)20(23)24-19-8-6-5-7-9-19/h5-11,14H,13H2,1-4H3/b18-11+. The van der Waals surface area contributed by atoms with Crippen molar-refractivity contribution in [1.29, 1.82) is 5.26 Å². The maximum atomic E-state index is 12.2. The van der Waals surface area contributed by atoms with Crippen LogP contribution in [0.5, 0.6) is 5.75 Å². The molecule has 0 aliphatic carbocycles. The molecular weight excluding hydrogens is 300 g/mol. The number of hydrogen-bond donors (Lipinski definition) is 0. The van der Waals surface area contributed by atoms with E-state index in [0.29, 0.717) is 11.7 Å². The monoisotopic (exact) mass is 322 g/mol. The highest BCUT2D eigenvalue weighted by Crippen LogP contribution is 2.20. The average Bonchev–Trinajstić information content (AvgIpc) is 2.80. The number of carbonyl (C=O) groups excluding carboxylic acids is 1. The van der Waals surface area contributed by atoms with E-state index in [1.807, 2.05) is 32.0 Å². The molecule has 0 amide bonds. The molecule has 0 atom stereocenters. The number of nitrogens with zero attached hydrogens (tertiary/aromatic N) is 2. The van der Waals surface area contributed by atoms with Crippen molar-refractivity contribution in [3.8, 4) is 11.8 Å². The van der Waals surface area contributed by atoms with E-state index in [1.54, 1.807) is 30.3 Å². The Kier molecular flexibility index (Phi) is 5.59. The van der Waals surface area contributed by atoms with E-state index < -0.39 is 5.97 Å². The van der Waals surface area contributed by atoms with E-state index in [2.05, 4.69) is 18.4 Å². The number of benzene rings is 1. The summed E-state index contributed by atoms with van der Waals surface area (Å²) in [7, 11) is 0. The van der Waals surface area contributed by atoms with Gasteiger partial charge in [-0.2, -0.15) is 5.26 Å². The number of ether oxygens (including phenoxy) is 1. The van der Waals surface area contributed by atoms with E-state index in [9.17, 15) is 10.1 Å². The van der Waals surface area contributed by atoms with Crippen molar-refractivity contribution in [3.63, 3.8) is 0 Å². The minimum atomic E-state index is -0.641. The molecule has 0 spiro atoms. The molecule has 4 heteroatoms. The van der Waals surface area contributed by atoms with Gasteiger partial charge in [-0.05, 0) is 49.6 Å². The summed E-state index contributed by atoms with van der Waals surface area (Å²) in [4.78, 5) is 12.2. The Morgan fingerprint density at radius 3 is 2.54 bits per heavy atom. The zero-order valence-corrected chi connectivity index (χ0v) is 14.5. The molecule has 0 unspecified atom stereocenters. The maximum absolute atomic E-state index is 12.2. The molecule has 0 N–H and O–H groups in total. The zero-order chi connectivity index (χ0) is 17.7. The molecule has 0 bridgehead atoms. The average molecular weight is 322 g/mol. The first-order valence-corrected chi connectivity index (χ1v) is 7.98. The molecule has 1 aromatic heterocycles.